The predicted molar refractivity (Wildman–Crippen MR) is 112 cm³/mol. The summed E-state index contributed by atoms with van der Waals surface area (Å²) in [7, 11) is 0. The summed E-state index contributed by atoms with van der Waals surface area (Å²) in [6.07, 6.45) is 0. The summed E-state index contributed by atoms with van der Waals surface area (Å²) in [4.78, 5) is 12.1. The lowest BCUT2D eigenvalue weighted by molar-refractivity contribution is -0.118. The second-order valence-corrected chi connectivity index (χ2v) is 6.25. The van der Waals surface area contributed by atoms with E-state index in [1.807, 2.05) is 49.4 Å². The number of carbonyl (C=O) groups is 1. The van der Waals surface area contributed by atoms with E-state index in [9.17, 15) is 9.18 Å². The van der Waals surface area contributed by atoms with Crippen LogP contribution in [0, 0.1) is 5.82 Å². The molecule has 0 bridgehead atoms. The van der Waals surface area contributed by atoms with E-state index < -0.39 is 11.7 Å². The van der Waals surface area contributed by atoms with Gasteiger partial charge in [-0.15, -0.1) is 0 Å². The maximum Gasteiger partial charge on any atom is 0.262 e. The Balaban J connectivity index is 1.60. The van der Waals surface area contributed by atoms with Crippen molar-refractivity contribution in [3.05, 3.63) is 84.2 Å². The lowest BCUT2D eigenvalue weighted by Gasteiger charge is -2.14. The van der Waals surface area contributed by atoms with Gasteiger partial charge in [-0.05, 0) is 48.9 Å². The molecule has 0 radical (unpaired) electrons. The molecule has 0 heterocycles. The average molecular weight is 394 g/mol. The number of hydrogen-bond acceptors (Lipinski definition) is 4. The third-order valence-electron chi connectivity index (χ3n) is 4.09. The number of ether oxygens (including phenoxy) is 2. The summed E-state index contributed by atoms with van der Waals surface area (Å²) in [5.41, 5.74) is 2.16. The van der Waals surface area contributed by atoms with Crippen LogP contribution in [0.5, 0.6) is 11.5 Å². The predicted octanol–water partition coefficient (Wildman–Crippen LogP) is 4.85. The minimum Gasteiger partial charge on any atom is -0.490 e. The van der Waals surface area contributed by atoms with Crippen molar-refractivity contribution >= 4 is 17.3 Å². The second kappa shape index (κ2) is 10.1. The number of amides is 1. The molecule has 0 aliphatic carbocycles. The molecule has 0 spiro atoms. The maximum absolute atomic E-state index is 13.6. The Kier molecular flexibility index (Phi) is 7.05. The number of para-hydroxylation sites is 2. The van der Waals surface area contributed by atoms with Crippen LogP contribution in [0.1, 0.15) is 12.5 Å². The first-order valence-electron chi connectivity index (χ1n) is 9.37. The topological polar surface area (TPSA) is 59.6 Å². The molecule has 0 atom stereocenters. The van der Waals surface area contributed by atoms with Crippen molar-refractivity contribution < 1.29 is 18.7 Å². The average Bonchev–Trinajstić information content (AvgIpc) is 2.74. The molecule has 150 valence electrons. The molecule has 3 aromatic rings. The van der Waals surface area contributed by atoms with Crippen LogP contribution in [0.3, 0.4) is 0 Å². The lowest BCUT2D eigenvalue weighted by atomic mass is 10.2. The first-order valence-corrected chi connectivity index (χ1v) is 9.37. The van der Waals surface area contributed by atoms with Crippen LogP contribution in [0.4, 0.5) is 15.8 Å². The van der Waals surface area contributed by atoms with Crippen molar-refractivity contribution in [2.24, 2.45) is 0 Å². The third-order valence-corrected chi connectivity index (χ3v) is 4.09. The fourth-order valence-corrected chi connectivity index (χ4v) is 2.70. The molecule has 29 heavy (non-hydrogen) atoms. The number of anilines is 2. The van der Waals surface area contributed by atoms with Crippen LogP contribution in [-0.2, 0) is 11.3 Å². The van der Waals surface area contributed by atoms with Crippen LogP contribution in [0.2, 0.25) is 0 Å². The fraction of sp³-hybridized carbons (Fsp3) is 0.174. The molecular formula is C23H23FN2O3. The summed E-state index contributed by atoms with van der Waals surface area (Å²) in [6.45, 7) is 2.71. The zero-order chi connectivity index (χ0) is 20.5. The summed E-state index contributed by atoms with van der Waals surface area (Å²) in [6, 6.07) is 21.4. The van der Waals surface area contributed by atoms with Gasteiger partial charge in [-0.25, -0.2) is 4.39 Å². The molecule has 0 unspecified atom stereocenters. The van der Waals surface area contributed by atoms with Gasteiger partial charge >= 0.3 is 0 Å². The molecule has 0 aliphatic heterocycles. The van der Waals surface area contributed by atoms with E-state index in [1.54, 1.807) is 18.2 Å². The van der Waals surface area contributed by atoms with Gasteiger partial charge in [-0.1, -0.05) is 36.4 Å². The second-order valence-electron chi connectivity index (χ2n) is 6.25. The Labute approximate surface area is 169 Å². The van der Waals surface area contributed by atoms with Gasteiger partial charge in [0.05, 0.1) is 12.3 Å². The summed E-state index contributed by atoms with van der Waals surface area (Å²) in [5, 5.41) is 5.83. The van der Waals surface area contributed by atoms with Gasteiger partial charge in [0.1, 0.15) is 5.82 Å². The standard InChI is InChI=1S/C23H23FN2O3/c1-2-28-22-14-17(15-25-18-8-4-3-5-9-18)12-13-21(22)29-16-23(27)26-20-11-7-6-10-19(20)24/h3-14,25H,2,15-16H2,1H3,(H,26,27). The van der Waals surface area contributed by atoms with Crippen LogP contribution >= 0.6 is 0 Å². The zero-order valence-electron chi connectivity index (χ0n) is 16.2. The highest BCUT2D eigenvalue weighted by Gasteiger charge is 2.11. The molecule has 0 saturated carbocycles. The first kappa shape index (κ1) is 20.2. The van der Waals surface area contributed by atoms with Crippen LogP contribution in [0.25, 0.3) is 0 Å². The molecular weight excluding hydrogens is 371 g/mol. The van der Waals surface area contributed by atoms with E-state index >= 15 is 0 Å². The molecule has 0 aliphatic rings. The van der Waals surface area contributed by atoms with Crippen LogP contribution in [-0.4, -0.2) is 19.1 Å². The van der Waals surface area contributed by atoms with Gasteiger partial charge in [0.15, 0.2) is 18.1 Å². The number of halogens is 1. The molecule has 3 rings (SSSR count). The smallest absolute Gasteiger partial charge is 0.262 e. The highest BCUT2D eigenvalue weighted by atomic mass is 19.1. The van der Waals surface area contributed by atoms with E-state index in [4.69, 9.17) is 9.47 Å². The van der Waals surface area contributed by atoms with Crippen molar-refractivity contribution in [3.63, 3.8) is 0 Å². The van der Waals surface area contributed by atoms with E-state index in [-0.39, 0.29) is 12.3 Å². The van der Waals surface area contributed by atoms with Crippen LogP contribution < -0.4 is 20.1 Å². The molecule has 0 fully saturated rings. The van der Waals surface area contributed by atoms with Crippen molar-refractivity contribution in [3.8, 4) is 11.5 Å². The minimum absolute atomic E-state index is 0.119. The minimum atomic E-state index is -0.494. The van der Waals surface area contributed by atoms with Crippen molar-refractivity contribution in [2.45, 2.75) is 13.5 Å². The molecule has 6 heteroatoms. The quantitative estimate of drug-likeness (QED) is 0.544. The largest absolute Gasteiger partial charge is 0.490 e. The van der Waals surface area contributed by atoms with Gasteiger partial charge in [0.2, 0.25) is 0 Å². The van der Waals surface area contributed by atoms with Gasteiger partial charge in [-0.3, -0.25) is 4.79 Å². The Morgan fingerprint density at radius 3 is 2.45 bits per heavy atom. The SMILES string of the molecule is CCOc1cc(CNc2ccccc2)ccc1OCC(=O)Nc1ccccc1F. The van der Waals surface area contributed by atoms with Gasteiger partial charge in [-0.2, -0.15) is 0 Å². The molecule has 0 saturated heterocycles. The number of carbonyl (C=O) groups excluding carboxylic acids is 1. The van der Waals surface area contributed by atoms with E-state index in [2.05, 4.69) is 10.6 Å². The van der Waals surface area contributed by atoms with Crippen molar-refractivity contribution in [2.75, 3.05) is 23.8 Å². The monoisotopic (exact) mass is 394 g/mol. The first-order chi connectivity index (χ1) is 14.2. The van der Waals surface area contributed by atoms with Gasteiger partial charge in [0, 0.05) is 12.2 Å². The summed E-state index contributed by atoms with van der Waals surface area (Å²) < 4.78 is 24.9. The highest BCUT2D eigenvalue weighted by molar-refractivity contribution is 5.92. The van der Waals surface area contributed by atoms with E-state index in [1.165, 1.54) is 12.1 Å². The lowest BCUT2D eigenvalue weighted by Crippen LogP contribution is -2.21. The van der Waals surface area contributed by atoms with Gasteiger partial charge < -0.3 is 20.1 Å². The third kappa shape index (κ3) is 5.97. The zero-order valence-corrected chi connectivity index (χ0v) is 16.2. The fourth-order valence-electron chi connectivity index (χ4n) is 2.70. The van der Waals surface area contributed by atoms with Crippen LogP contribution in [0.15, 0.2) is 72.8 Å². The Morgan fingerprint density at radius 2 is 1.69 bits per heavy atom. The number of rotatable bonds is 9. The van der Waals surface area contributed by atoms with Crippen molar-refractivity contribution in [1.29, 1.82) is 0 Å². The highest BCUT2D eigenvalue weighted by Crippen LogP contribution is 2.29. The number of hydrogen-bond donors (Lipinski definition) is 2. The van der Waals surface area contributed by atoms with E-state index in [0.717, 1.165) is 11.3 Å². The summed E-state index contributed by atoms with van der Waals surface area (Å²) in [5.74, 6) is 0.0658. The van der Waals surface area contributed by atoms with E-state index in [0.29, 0.717) is 24.7 Å². The molecule has 1 amide bonds. The van der Waals surface area contributed by atoms with Crippen molar-refractivity contribution in [1.82, 2.24) is 0 Å². The molecule has 5 nitrogen and oxygen atoms in total. The summed E-state index contributed by atoms with van der Waals surface area (Å²) >= 11 is 0. The Morgan fingerprint density at radius 1 is 0.931 bits per heavy atom. The van der Waals surface area contributed by atoms with Gasteiger partial charge in [0.25, 0.3) is 5.91 Å². The molecule has 0 aromatic heterocycles. The molecule has 3 aromatic carbocycles. The Hall–Kier alpha value is -3.54. The Bertz CT molecular complexity index is 948. The number of benzene rings is 3. The molecule has 2 N–H and O–H groups in total. The number of nitrogens with one attached hydrogen (secondary N) is 2. The maximum atomic E-state index is 13.6. The normalized spacial score (nSPS) is 10.3.